The topological polar surface area (TPSA) is 12.0 Å². The van der Waals surface area contributed by atoms with Crippen LogP contribution in [0.3, 0.4) is 0 Å². The van der Waals surface area contributed by atoms with E-state index in [1.165, 1.54) is 38.2 Å². The van der Waals surface area contributed by atoms with Gasteiger partial charge in [0.1, 0.15) is 5.82 Å². The maximum atomic E-state index is 13.2. The maximum absolute atomic E-state index is 13.2. The van der Waals surface area contributed by atoms with Gasteiger partial charge >= 0.3 is 0 Å². The molecule has 0 heterocycles. The Balaban J connectivity index is 1.86. The lowest BCUT2D eigenvalue weighted by Gasteiger charge is -2.22. The van der Waals surface area contributed by atoms with Gasteiger partial charge in [-0.05, 0) is 30.5 Å². The van der Waals surface area contributed by atoms with Gasteiger partial charge in [-0.25, -0.2) is 4.39 Å². The molecule has 3 heteroatoms. The molecule has 0 aromatic heterocycles. The molecule has 0 amide bonds. The molecule has 0 spiro atoms. The average molecular weight is 242 g/mol. The molecule has 1 aliphatic carbocycles. The lowest BCUT2D eigenvalue weighted by Crippen LogP contribution is -2.30. The molecule has 1 nitrogen and oxygen atoms in total. The van der Waals surface area contributed by atoms with E-state index < -0.39 is 0 Å². The zero-order chi connectivity index (χ0) is 11.4. The van der Waals surface area contributed by atoms with E-state index in [1.54, 1.807) is 6.07 Å². The van der Waals surface area contributed by atoms with Crippen molar-refractivity contribution in [2.24, 2.45) is 0 Å². The summed E-state index contributed by atoms with van der Waals surface area (Å²) in [6, 6.07) is 5.61. The van der Waals surface area contributed by atoms with Crippen molar-refractivity contribution in [2.75, 3.05) is 0 Å². The second-order valence-electron chi connectivity index (χ2n) is 4.46. The summed E-state index contributed by atoms with van der Waals surface area (Å²) in [7, 11) is 0. The van der Waals surface area contributed by atoms with Crippen LogP contribution in [0.5, 0.6) is 0 Å². The Labute approximate surface area is 101 Å². The van der Waals surface area contributed by atoms with Crippen molar-refractivity contribution < 1.29 is 4.39 Å². The highest BCUT2D eigenvalue weighted by Gasteiger charge is 2.12. The molecule has 0 unspecified atom stereocenters. The van der Waals surface area contributed by atoms with Gasteiger partial charge in [-0.15, -0.1) is 0 Å². The fourth-order valence-electron chi connectivity index (χ4n) is 2.22. The summed E-state index contributed by atoms with van der Waals surface area (Å²) in [5.74, 6) is -0.329. The number of rotatable bonds is 3. The van der Waals surface area contributed by atoms with E-state index in [4.69, 9.17) is 11.6 Å². The molecule has 88 valence electrons. The van der Waals surface area contributed by atoms with Crippen molar-refractivity contribution in [1.29, 1.82) is 0 Å². The van der Waals surface area contributed by atoms with Crippen LogP contribution in [0.15, 0.2) is 18.2 Å². The molecule has 16 heavy (non-hydrogen) atoms. The van der Waals surface area contributed by atoms with Crippen LogP contribution in [-0.2, 0) is 6.54 Å². The molecule has 0 saturated heterocycles. The van der Waals surface area contributed by atoms with Gasteiger partial charge in [-0.2, -0.15) is 0 Å². The third-order valence-electron chi connectivity index (χ3n) is 3.18. The van der Waals surface area contributed by atoms with Crippen LogP contribution in [0.2, 0.25) is 5.02 Å². The normalized spacial score (nSPS) is 17.6. The van der Waals surface area contributed by atoms with E-state index >= 15 is 0 Å². The first-order valence-corrected chi connectivity index (χ1v) is 6.31. The van der Waals surface area contributed by atoms with E-state index in [0.717, 1.165) is 12.1 Å². The fraction of sp³-hybridized carbons (Fsp3) is 0.538. The molecule has 0 radical (unpaired) electrons. The Kier molecular flexibility index (Phi) is 4.19. The first-order valence-electron chi connectivity index (χ1n) is 5.93. The smallest absolute Gasteiger partial charge is 0.142 e. The van der Waals surface area contributed by atoms with Gasteiger partial charge in [0.2, 0.25) is 0 Å². The van der Waals surface area contributed by atoms with E-state index in [1.807, 2.05) is 6.07 Å². The van der Waals surface area contributed by atoms with Crippen molar-refractivity contribution in [3.05, 3.63) is 34.6 Å². The third kappa shape index (κ3) is 3.19. The lowest BCUT2D eigenvalue weighted by atomic mass is 9.95. The number of nitrogens with one attached hydrogen (secondary N) is 1. The Morgan fingerprint density at radius 1 is 1.25 bits per heavy atom. The molecule has 2 rings (SSSR count). The molecule has 1 aromatic carbocycles. The number of halogens is 2. The summed E-state index contributed by atoms with van der Waals surface area (Å²) >= 11 is 5.63. The van der Waals surface area contributed by atoms with Crippen molar-refractivity contribution in [1.82, 2.24) is 5.32 Å². The largest absolute Gasteiger partial charge is 0.310 e. The predicted octanol–water partition coefficient (Wildman–Crippen LogP) is 3.90. The summed E-state index contributed by atoms with van der Waals surface area (Å²) in [6.07, 6.45) is 6.47. The summed E-state index contributed by atoms with van der Waals surface area (Å²) < 4.78 is 13.2. The SMILES string of the molecule is Fc1cc(CNC2CCCCC2)ccc1Cl. The van der Waals surface area contributed by atoms with Gasteiger partial charge < -0.3 is 5.32 Å². The Hall–Kier alpha value is -0.600. The fourth-order valence-corrected chi connectivity index (χ4v) is 2.34. The predicted molar refractivity (Wildman–Crippen MR) is 65.1 cm³/mol. The van der Waals surface area contributed by atoms with Crippen LogP contribution >= 0.6 is 11.6 Å². The van der Waals surface area contributed by atoms with E-state index in [0.29, 0.717) is 6.04 Å². The minimum atomic E-state index is -0.329. The molecule has 1 N–H and O–H groups in total. The molecule has 1 aromatic rings. The van der Waals surface area contributed by atoms with Crippen molar-refractivity contribution >= 4 is 11.6 Å². The molecule has 1 fully saturated rings. The van der Waals surface area contributed by atoms with Crippen LogP contribution in [0.25, 0.3) is 0 Å². The van der Waals surface area contributed by atoms with Gasteiger partial charge in [-0.1, -0.05) is 36.9 Å². The summed E-state index contributed by atoms with van der Waals surface area (Å²) in [6.45, 7) is 0.735. The molecule has 0 aliphatic heterocycles. The molecular formula is C13H17ClFN. The number of hydrogen-bond donors (Lipinski definition) is 1. The Bertz CT molecular complexity index is 348. The van der Waals surface area contributed by atoms with Gasteiger partial charge in [0.05, 0.1) is 5.02 Å². The van der Waals surface area contributed by atoms with E-state index in [-0.39, 0.29) is 10.8 Å². The second kappa shape index (κ2) is 5.65. The van der Waals surface area contributed by atoms with Crippen molar-refractivity contribution in [3.63, 3.8) is 0 Å². The quantitative estimate of drug-likeness (QED) is 0.846. The highest BCUT2D eigenvalue weighted by Crippen LogP contribution is 2.19. The molecule has 1 aliphatic rings. The third-order valence-corrected chi connectivity index (χ3v) is 3.49. The lowest BCUT2D eigenvalue weighted by molar-refractivity contribution is 0.372. The van der Waals surface area contributed by atoms with Gasteiger partial charge in [0.15, 0.2) is 0 Å². The monoisotopic (exact) mass is 241 g/mol. The molecule has 0 atom stereocenters. The Morgan fingerprint density at radius 2 is 2.00 bits per heavy atom. The highest BCUT2D eigenvalue weighted by atomic mass is 35.5. The molecule has 1 saturated carbocycles. The van der Waals surface area contributed by atoms with Gasteiger partial charge in [-0.3, -0.25) is 0 Å². The second-order valence-corrected chi connectivity index (χ2v) is 4.87. The molecule has 0 bridgehead atoms. The van der Waals surface area contributed by atoms with Crippen LogP contribution < -0.4 is 5.32 Å². The van der Waals surface area contributed by atoms with Crippen LogP contribution in [-0.4, -0.2) is 6.04 Å². The number of benzene rings is 1. The molecular weight excluding hydrogens is 225 g/mol. The highest BCUT2D eigenvalue weighted by molar-refractivity contribution is 6.30. The van der Waals surface area contributed by atoms with Gasteiger partial charge in [0.25, 0.3) is 0 Å². The standard InChI is InChI=1S/C13H17ClFN/c14-12-7-6-10(8-13(12)15)9-16-11-4-2-1-3-5-11/h6-8,11,16H,1-5,9H2. The summed E-state index contributed by atoms with van der Waals surface area (Å²) in [4.78, 5) is 0. The zero-order valence-electron chi connectivity index (χ0n) is 9.31. The van der Waals surface area contributed by atoms with Crippen LogP contribution in [0.1, 0.15) is 37.7 Å². The summed E-state index contributed by atoms with van der Waals surface area (Å²) in [5.41, 5.74) is 0.965. The number of hydrogen-bond acceptors (Lipinski definition) is 1. The van der Waals surface area contributed by atoms with Crippen molar-refractivity contribution in [2.45, 2.75) is 44.7 Å². The average Bonchev–Trinajstić information content (AvgIpc) is 2.32. The van der Waals surface area contributed by atoms with Crippen molar-refractivity contribution in [3.8, 4) is 0 Å². The van der Waals surface area contributed by atoms with Crippen LogP contribution in [0.4, 0.5) is 4.39 Å². The maximum Gasteiger partial charge on any atom is 0.142 e. The zero-order valence-corrected chi connectivity index (χ0v) is 10.1. The first kappa shape index (κ1) is 11.9. The minimum Gasteiger partial charge on any atom is -0.310 e. The van der Waals surface area contributed by atoms with Gasteiger partial charge in [0, 0.05) is 12.6 Å². The minimum absolute atomic E-state index is 0.196. The van der Waals surface area contributed by atoms with Crippen LogP contribution in [0, 0.1) is 5.82 Å². The van der Waals surface area contributed by atoms with E-state index in [9.17, 15) is 4.39 Å². The van der Waals surface area contributed by atoms with E-state index in [2.05, 4.69) is 5.32 Å². The summed E-state index contributed by atoms with van der Waals surface area (Å²) in [5, 5.41) is 3.67. The Morgan fingerprint density at radius 3 is 2.69 bits per heavy atom. The first-order chi connectivity index (χ1) is 7.75.